The third-order valence-corrected chi connectivity index (χ3v) is 3.30. The lowest BCUT2D eigenvalue weighted by Crippen LogP contribution is -2.37. The molecule has 2 aromatic rings. The predicted octanol–water partition coefficient (Wildman–Crippen LogP) is 2.61. The van der Waals surface area contributed by atoms with Gasteiger partial charge >= 0.3 is 6.09 Å². The zero-order chi connectivity index (χ0) is 13.1. The molecule has 0 unspecified atom stereocenters. The molecule has 1 fully saturated rings. The van der Waals surface area contributed by atoms with E-state index in [4.69, 9.17) is 4.74 Å². The van der Waals surface area contributed by atoms with E-state index in [1.54, 1.807) is 4.90 Å². The Hall–Kier alpha value is -2.17. The summed E-state index contributed by atoms with van der Waals surface area (Å²) in [6.07, 6.45) is 4.37. The van der Waals surface area contributed by atoms with Crippen molar-refractivity contribution in [3.05, 3.63) is 30.6 Å². The monoisotopic (exact) mass is 257 g/mol. The third-order valence-electron chi connectivity index (χ3n) is 3.30. The van der Waals surface area contributed by atoms with Crippen LogP contribution in [0.4, 0.5) is 4.79 Å². The van der Waals surface area contributed by atoms with Crippen molar-refractivity contribution in [1.29, 1.82) is 0 Å². The molecule has 1 aliphatic heterocycles. The van der Waals surface area contributed by atoms with Gasteiger partial charge < -0.3 is 9.64 Å². The highest BCUT2D eigenvalue weighted by molar-refractivity contribution is 5.85. The van der Waals surface area contributed by atoms with Gasteiger partial charge in [-0.25, -0.2) is 14.8 Å². The highest BCUT2D eigenvalue weighted by atomic mass is 16.6. The van der Waals surface area contributed by atoms with Crippen LogP contribution >= 0.6 is 0 Å². The summed E-state index contributed by atoms with van der Waals surface area (Å²) in [4.78, 5) is 22.0. The largest absolute Gasteiger partial charge is 0.416 e. The van der Waals surface area contributed by atoms with Gasteiger partial charge in [0, 0.05) is 13.1 Å². The highest BCUT2D eigenvalue weighted by Crippen LogP contribution is 2.21. The van der Waals surface area contributed by atoms with Crippen molar-refractivity contribution in [2.75, 3.05) is 13.1 Å². The van der Waals surface area contributed by atoms with Crippen molar-refractivity contribution in [1.82, 2.24) is 14.9 Å². The number of carbonyl (C=O) groups is 1. The number of likely N-dealkylation sites (tertiary alicyclic amines) is 1. The number of para-hydroxylation sites is 1. The second-order valence-corrected chi connectivity index (χ2v) is 4.61. The van der Waals surface area contributed by atoms with Gasteiger partial charge in [-0.05, 0) is 31.4 Å². The van der Waals surface area contributed by atoms with E-state index in [-0.39, 0.29) is 6.09 Å². The molecular weight excluding hydrogens is 242 g/mol. The molecule has 1 amide bonds. The zero-order valence-corrected chi connectivity index (χ0v) is 10.6. The maximum atomic E-state index is 12.1. The fourth-order valence-electron chi connectivity index (χ4n) is 2.29. The number of hydrogen-bond acceptors (Lipinski definition) is 4. The molecule has 98 valence electrons. The van der Waals surface area contributed by atoms with Gasteiger partial charge in [-0.3, -0.25) is 0 Å². The van der Waals surface area contributed by atoms with E-state index in [0.717, 1.165) is 36.8 Å². The Morgan fingerprint density at radius 2 is 1.89 bits per heavy atom. The van der Waals surface area contributed by atoms with E-state index in [1.807, 2.05) is 24.3 Å². The SMILES string of the molecule is O=C(Oc1ncnc2ccccc12)N1CCCCC1. The molecule has 3 rings (SSSR count). The number of fused-ring (bicyclic) bond motifs is 1. The van der Waals surface area contributed by atoms with Crippen molar-refractivity contribution in [3.63, 3.8) is 0 Å². The predicted molar refractivity (Wildman–Crippen MR) is 71.0 cm³/mol. The highest BCUT2D eigenvalue weighted by Gasteiger charge is 2.19. The van der Waals surface area contributed by atoms with Crippen molar-refractivity contribution in [2.24, 2.45) is 0 Å². The molecule has 0 spiro atoms. The molecule has 1 aromatic heterocycles. The lowest BCUT2D eigenvalue weighted by molar-refractivity contribution is 0.141. The topological polar surface area (TPSA) is 55.3 Å². The number of piperidine rings is 1. The van der Waals surface area contributed by atoms with Gasteiger partial charge in [-0.2, -0.15) is 0 Å². The van der Waals surface area contributed by atoms with Crippen LogP contribution in [0.5, 0.6) is 5.88 Å². The number of carbonyl (C=O) groups excluding carboxylic acids is 1. The van der Waals surface area contributed by atoms with Crippen LogP contribution < -0.4 is 4.74 Å². The first-order valence-corrected chi connectivity index (χ1v) is 6.51. The molecule has 0 radical (unpaired) electrons. The Balaban J connectivity index is 1.82. The molecule has 5 heteroatoms. The number of rotatable bonds is 1. The summed E-state index contributed by atoms with van der Waals surface area (Å²) in [7, 11) is 0. The van der Waals surface area contributed by atoms with E-state index >= 15 is 0 Å². The Bertz CT molecular complexity index is 589. The van der Waals surface area contributed by atoms with Crippen LogP contribution in [-0.4, -0.2) is 34.1 Å². The van der Waals surface area contributed by atoms with Crippen molar-refractivity contribution in [2.45, 2.75) is 19.3 Å². The number of hydrogen-bond donors (Lipinski definition) is 0. The van der Waals surface area contributed by atoms with E-state index in [1.165, 1.54) is 12.7 Å². The standard InChI is InChI=1S/C14H15N3O2/c18-14(17-8-4-1-5-9-17)19-13-11-6-2-3-7-12(11)15-10-16-13/h2-3,6-7,10H,1,4-5,8-9H2. The molecule has 0 bridgehead atoms. The Morgan fingerprint density at radius 3 is 2.74 bits per heavy atom. The molecule has 0 aliphatic carbocycles. The molecule has 2 heterocycles. The second kappa shape index (κ2) is 5.22. The Labute approximate surface area is 111 Å². The minimum atomic E-state index is -0.316. The lowest BCUT2D eigenvalue weighted by atomic mass is 10.1. The minimum absolute atomic E-state index is 0.316. The third kappa shape index (κ3) is 2.50. The Kier molecular flexibility index (Phi) is 3.27. The van der Waals surface area contributed by atoms with Gasteiger partial charge in [0.1, 0.15) is 6.33 Å². The van der Waals surface area contributed by atoms with E-state index < -0.39 is 0 Å². The number of aromatic nitrogens is 2. The quantitative estimate of drug-likeness (QED) is 0.788. The molecule has 5 nitrogen and oxygen atoms in total. The first-order chi connectivity index (χ1) is 9.34. The van der Waals surface area contributed by atoms with Gasteiger partial charge in [0.25, 0.3) is 0 Å². The number of ether oxygens (including phenoxy) is 1. The normalized spacial score (nSPS) is 15.5. The van der Waals surface area contributed by atoms with Crippen LogP contribution in [0.2, 0.25) is 0 Å². The van der Waals surface area contributed by atoms with Gasteiger partial charge in [-0.15, -0.1) is 0 Å². The summed E-state index contributed by atoms with van der Waals surface area (Å²) in [5.74, 6) is 0.334. The molecule has 0 saturated carbocycles. The summed E-state index contributed by atoms with van der Waals surface area (Å²) in [6.45, 7) is 1.53. The van der Waals surface area contributed by atoms with E-state index in [0.29, 0.717) is 5.88 Å². The molecule has 0 N–H and O–H groups in total. The summed E-state index contributed by atoms with van der Waals surface area (Å²) in [5, 5.41) is 0.760. The van der Waals surface area contributed by atoms with Gasteiger partial charge in [0.15, 0.2) is 0 Å². The molecule has 1 aliphatic rings. The zero-order valence-electron chi connectivity index (χ0n) is 10.6. The minimum Gasteiger partial charge on any atom is -0.390 e. The molecule has 19 heavy (non-hydrogen) atoms. The van der Waals surface area contributed by atoms with Crippen LogP contribution in [0.1, 0.15) is 19.3 Å². The van der Waals surface area contributed by atoms with Crippen LogP contribution in [-0.2, 0) is 0 Å². The smallest absolute Gasteiger partial charge is 0.390 e. The molecule has 1 aromatic carbocycles. The van der Waals surface area contributed by atoms with Gasteiger partial charge in [0.05, 0.1) is 10.9 Å². The lowest BCUT2D eigenvalue weighted by Gasteiger charge is -2.25. The first-order valence-electron chi connectivity index (χ1n) is 6.51. The summed E-state index contributed by atoms with van der Waals surface area (Å²) in [6, 6.07) is 7.50. The maximum absolute atomic E-state index is 12.1. The van der Waals surface area contributed by atoms with E-state index in [9.17, 15) is 4.79 Å². The summed E-state index contributed by atoms with van der Waals surface area (Å²) >= 11 is 0. The molecular formula is C14H15N3O2. The van der Waals surface area contributed by atoms with Gasteiger partial charge in [-0.1, -0.05) is 12.1 Å². The first kappa shape index (κ1) is 11.9. The van der Waals surface area contributed by atoms with Gasteiger partial charge in [0.2, 0.25) is 5.88 Å². The summed E-state index contributed by atoms with van der Waals surface area (Å²) in [5.41, 5.74) is 0.777. The number of benzene rings is 1. The fourth-order valence-corrected chi connectivity index (χ4v) is 2.29. The number of nitrogens with zero attached hydrogens (tertiary/aromatic N) is 3. The van der Waals surface area contributed by atoms with Crippen LogP contribution in [0.3, 0.4) is 0 Å². The Morgan fingerprint density at radius 1 is 1.11 bits per heavy atom. The fraction of sp³-hybridized carbons (Fsp3) is 0.357. The average Bonchev–Trinajstić information content (AvgIpc) is 2.48. The van der Waals surface area contributed by atoms with Crippen LogP contribution in [0.15, 0.2) is 30.6 Å². The summed E-state index contributed by atoms with van der Waals surface area (Å²) < 4.78 is 5.40. The molecule has 1 saturated heterocycles. The molecule has 0 atom stereocenters. The van der Waals surface area contributed by atoms with Crippen LogP contribution in [0.25, 0.3) is 10.9 Å². The van der Waals surface area contributed by atoms with Crippen molar-refractivity contribution < 1.29 is 9.53 Å². The maximum Gasteiger partial charge on any atom is 0.416 e. The van der Waals surface area contributed by atoms with Crippen molar-refractivity contribution >= 4 is 17.0 Å². The average molecular weight is 257 g/mol. The van der Waals surface area contributed by atoms with Crippen molar-refractivity contribution in [3.8, 4) is 5.88 Å². The number of amides is 1. The van der Waals surface area contributed by atoms with E-state index in [2.05, 4.69) is 9.97 Å². The second-order valence-electron chi connectivity index (χ2n) is 4.61. The van der Waals surface area contributed by atoms with Crippen LogP contribution in [0, 0.1) is 0 Å².